The molecule has 0 heterocycles. The average molecular weight is 275 g/mol. The van der Waals surface area contributed by atoms with Gasteiger partial charge in [-0.2, -0.15) is 0 Å². The van der Waals surface area contributed by atoms with Crippen molar-refractivity contribution < 1.29 is 13.2 Å². The molecule has 2 saturated carbocycles. The zero-order valence-electron chi connectivity index (χ0n) is 11.2. The molecule has 18 heavy (non-hydrogen) atoms. The Kier molecular flexibility index (Phi) is 4.67. The van der Waals surface area contributed by atoms with Gasteiger partial charge < -0.3 is 10.5 Å². The molecule has 0 aliphatic heterocycles. The van der Waals surface area contributed by atoms with E-state index in [-0.39, 0.29) is 17.5 Å². The minimum absolute atomic E-state index is 0.121. The molecule has 4 nitrogen and oxygen atoms in total. The van der Waals surface area contributed by atoms with Crippen molar-refractivity contribution in [1.82, 2.24) is 0 Å². The molecule has 4 unspecified atom stereocenters. The van der Waals surface area contributed by atoms with Gasteiger partial charge in [0.05, 0.1) is 17.5 Å². The Bertz CT molecular complexity index is 368. The first-order valence-electron chi connectivity index (χ1n) is 7.05. The van der Waals surface area contributed by atoms with Gasteiger partial charge in [-0.05, 0) is 51.0 Å². The number of hydrogen-bond acceptors (Lipinski definition) is 4. The van der Waals surface area contributed by atoms with Crippen LogP contribution < -0.4 is 5.73 Å². The Morgan fingerprint density at radius 2 is 1.89 bits per heavy atom. The van der Waals surface area contributed by atoms with Crippen LogP contribution in [0.2, 0.25) is 0 Å². The number of ether oxygens (including phenoxy) is 1. The molecule has 0 saturated heterocycles. The van der Waals surface area contributed by atoms with E-state index in [1.807, 2.05) is 0 Å². The molecule has 106 valence electrons. The summed E-state index contributed by atoms with van der Waals surface area (Å²) in [6.45, 7) is 0.687. The van der Waals surface area contributed by atoms with Gasteiger partial charge in [-0.15, -0.1) is 0 Å². The molecule has 2 aliphatic rings. The molecular weight excluding hydrogens is 250 g/mol. The standard InChI is InChI=1S/C13H25NO3S/c1-18(15,16)12-6-3-5-11(8-12)17-13-7-2-4-10(13)9-14/h10-13H,2-9,14H2,1H3. The Morgan fingerprint density at radius 1 is 1.17 bits per heavy atom. The van der Waals surface area contributed by atoms with Crippen LogP contribution in [0.15, 0.2) is 0 Å². The van der Waals surface area contributed by atoms with Crippen molar-refractivity contribution in [3.8, 4) is 0 Å². The highest BCUT2D eigenvalue weighted by Gasteiger charge is 2.34. The fourth-order valence-corrected chi connectivity index (χ4v) is 4.47. The van der Waals surface area contributed by atoms with E-state index in [2.05, 4.69) is 0 Å². The first-order valence-corrected chi connectivity index (χ1v) is 9.00. The Labute approximate surface area is 110 Å². The Balaban J connectivity index is 1.90. The van der Waals surface area contributed by atoms with Crippen molar-refractivity contribution in [1.29, 1.82) is 0 Å². The van der Waals surface area contributed by atoms with Gasteiger partial charge in [0.2, 0.25) is 0 Å². The topological polar surface area (TPSA) is 69.4 Å². The van der Waals surface area contributed by atoms with E-state index in [0.717, 1.165) is 32.1 Å². The van der Waals surface area contributed by atoms with Crippen molar-refractivity contribution in [2.75, 3.05) is 12.8 Å². The molecule has 5 heteroatoms. The maximum absolute atomic E-state index is 11.6. The molecule has 2 N–H and O–H groups in total. The quantitative estimate of drug-likeness (QED) is 0.844. The third-order valence-electron chi connectivity index (χ3n) is 4.44. The maximum atomic E-state index is 11.6. The van der Waals surface area contributed by atoms with Crippen molar-refractivity contribution in [2.45, 2.75) is 62.4 Å². The first-order chi connectivity index (χ1) is 8.50. The summed E-state index contributed by atoms with van der Waals surface area (Å²) in [6.07, 6.45) is 8.59. The second-order valence-electron chi connectivity index (χ2n) is 5.84. The molecular formula is C13H25NO3S. The second kappa shape index (κ2) is 5.88. The highest BCUT2D eigenvalue weighted by molar-refractivity contribution is 7.91. The summed E-state index contributed by atoms with van der Waals surface area (Å²) >= 11 is 0. The lowest BCUT2D eigenvalue weighted by atomic mass is 9.96. The van der Waals surface area contributed by atoms with Gasteiger partial charge in [-0.1, -0.05) is 6.42 Å². The van der Waals surface area contributed by atoms with E-state index in [1.165, 1.54) is 12.7 Å². The van der Waals surface area contributed by atoms with Gasteiger partial charge in [0.25, 0.3) is 0 Å². The largest absolute Gasteiger partial charge is 0.375 e. The average Bonchev–Trinajstić information content (AvgIpc) is 2.75. The van der Waals surface area contributed by atoms with Crippen LogP contribution in [-0.2, 0) is 14.6 Å². The lowest BCUT2D eigenvalue weighted by Gasteiger charge is -2.31. The summed E-state index contributed by atoms with van der Waals surface area (Å²) in [7, 11) is -2.92. The molecule has 2 rings (SSSR count). The summed E-state index contributed by atoms with van der Waals surface area (Å²) in [5, 5.41) is -0.200. The van der Waals surface area contributed by atoms with Crippen LogP contribution in [0.3, 0.4) is 0 Å². The molecule has 4 atom stereocenters. The van der Waals surface area contributed by atoms with Gasteiger partial charge in [0.15, 0.2) is 0 Å². The minimum atomic E-state index is -2.92. The van der Waals surface area contributed by atoms with Crippen molar-refractivity contribution in [3.63, 3.8) is 0 Å². The monoisotopic (exact) mass is 275 g/mol. The lowest BCUT2D eigenvalue weighted by molar-refractivity contribution is -0.0442. The lowest BCUT2D eigenvalue weighted by Crippen LogP contribution is -2.36. The van der Waals surface area contributed by atoms with Gasteiger partial charge in [-0.25, -0.2) is 8.42 Å². The third-order valence-corrected chi connectivity index (χ3v) is 6.08. The van der Waals surface area contributed by atoms with Gasteiger partial charge in [0.1, 0.15) is 9.84 Å². The highest BCUT2D eigenvalue weighted by Crippen LogP contribution is 2.33. The number of sulfone groups is 1. The third kappa shape index (κ3) is 3.45. The van der Waals surface area contributed by atoms with Crippen LogP contribution in [0.4, 0.5) is 0 Å². The van der Waals surface area contributed by atoms with Gasteiger partial charge >= 0.3 is 0 Å². The summed E-state index contributed by atoms with van der Waals surface area (Å²) in [6, 6.07) is 0. The Hall–Kier alpha value is -0.130. The van der Waals surface area contributed by atoms with Crippen molar-refractivity contribution >= 4 is 9.84 Å². The summed E-state index contributed by atoms with van der Waals surface area (Å²) < 4.78 is 29.4. The van der Waals surface area contributed by atoms with Crippen LogP contribution in [-0.4, -0.2) is 38.7 Å². The second-order valence-corrected chi connectivity index (χ2v) is 8.17. The normalized spacial score (nSPS) is 37.9. The van der Waals surface area contributed by atoms with Crippen LogP contribution >= 0.6 is 0 Å². The predicted molar refractivity (Wildman–Crippen MR) is 72.2 cm³/mol. The zero-order valence-corrected chi connectivity index (χ0v) is 12.0. The summed E-state index contributed by atoms with van der Waals surface area (Å²) in [4.78, 5) is 0. The fourth-order valence-electron chi connectivity index (χ4n) is 3.31. The fraction of sp³-hybridized carbons (Fsp3) is 1.00. The van der Waals surface area contributed by atoms with Crippen LogP contribution in [0, 0.1) is 5.92 Å². The minimum Gasteiger partial charge on any atom is -0.375 e. The van der Waals surface area contributed by atoms with Crippen molar-refractivity contribution in [2.24, 2.45) is 11.7 Å². The summed E-state index contributed by atoms with van der Waals surface area (Å²) in [5.74, 6) is 0.476. The van der Waals surface area contributed by atoms with E-state index in [4.69, 9.17) is 10.5 Å². The highest BCUT2D eigenvalue weighted by atomic mass is 32.2. The molecule has 2 aliphatic carbocycles. The van der Waals surface area contributed by atoms with Gasteiger partial charge in [0, 0.05) is 6.26 Å². The van der Waals surface area contributed by atoms with Crippen LogP contribution in [0.25, 0.3) is 0 Å². The Morgan fingerprint density at radius 3 is 2.56 bits per heavy atom. The van der Waals surface area contributed by atoms with E-state index >= 15 is 0 Å². The van der Waals surface area contributed by atoms with Crippen molar-refractivity contribution in [3.05, 3.63) is 0 Å². The SMILES string of the molecule is CS(=O)(=O)C1CCCC(OC2CCCC2CN)C1. The maximum Gasteiger partial charge on any atom is 0.150 e. The van der Waals surface area contributed by atoms with E-state index in [9.17, 15) is 8.42 Å². The molecule has 2 fully saturated rings. The zero-order chi connectivity index (χ0) is 13.2. The smallest absolute Gasteiger partial charge is 0.150 e. The first kappa shape index (κ1) is 14.3. The van der Waals surface area contributed by atoms with Gasteiger partial charge in [-0.3, -0.25) is 0 Å². The van der Waals surface area contributed by atoms with Crippen LogP contribution in [0.1, 0.15) is 44.9 Å². The number of nitrogens with two attached hydrogens (primary N) is 1. The van der Waals surface area contributed by atoms with Crippen LogP contribution in [0.5, 0.6) is 0 Å². The predicted octanol–water partition coefficient (Wildman–Crippen LogP) is 1.49. The number of hydrogen-bond donors (Lipinski definition) is 1. The number of rotatable bonds is 4. The molecule has 0 spiro atoms. The molecule has 0 bridgehead atoms. The molecule has 0 aromatic rings. The molecule has 0 aromatic carbocycles. The molecule has 0 aromatic heterocycles. The molecule has 0 amide bonds. The summed E-state index contributed by atoms with van der Waals surface area (Å²) in [5.41, 5.74) is 5.75. The van der Waals surface area contributed by atoms with E-state index in [0.29, 0.717) is 18.9 Å². The van der Waals surface area contributed by atoms with E-state index in [1.54, 1.807) is 0 Å². The van der Waals surface area contributed by atoms with E-state index < -0.39 is 9.84 Å². The molecule has 0 radical (unpaired) electrons.